The number of thiophene rings is 1. The van der Waals surface area contributed by atoms with Crippen molar-refractivity contribution in [2.75, 3.05) is 14.2 Å². The molecule has 0 saturated heterocycles. The highest BCUT2D eigenvalue weighted by Gasteiger charge is 2.23. The zero-order valence-corrected chi connectivity index (χ0v) is 16.2. The van der Waals surface area contributed by atoms with Crippen molar-refractivity contribution in [3.63, 3.8) is 0 Å². The third-order valence-corrected chi connectivity index (χ3v) is 5.62. The van der Waals surface area contributed by atoms with E-state index in [0.717, 1.165) is 15.6 Å². The lowest BCUT2D eigenvalue weighted by Crippen LogP contribution is -2.06. The minimum atomic E-state index is -0.139. The summed E-state index contributed by atoms with van der Waals surface area (Å²) in [5, 5.41) is 13.0. The molecule has 4 nitrogen and oxygen atoms in total. The number of rotatable bonds is 5. The van der Waals surface area contributed by atoms with Crippen LogP contribution in [0.5, 0.6) is 17.2 Å². The molecule has 0 aliphatic rings. The molecule has 0 saturated carbocycles. The van der Waals surface area contributed by atoms with E-state index in [1.165, 1.54) is 24.5 Å². The van der Waals surface area contributed by atoms with E-state index in [-0.39, 0.29) is 11.5 Å². The maximum atomic E-state index is 13.6. The minimum absolute atomic E-state index is 0.0365. The number of carbonyl (C=O) groups is 1. The van der Waals surface area contributed by atoms with E-state index in [9.17, 15) is 9.90 Å². The summed E-state index contributed by atoms with van der Waals surface area (Å²) in [6, 6.07) is 18.2. The Hall–Kier alpha value is -3.31. The number of ether oxygens (including phenoxy) is 2. The Balaban J connectivity index is 1.93. The number of methoxy groups -OCH3 is 2. The molecule has 5 heteroatoms. The van der Waals surface area contributed by atoms with Gasteiger partial charge in [-0.2, -0.15) is 0 Å². The number of ketones is 1. The van der Waals surface area contributed by atoms with Gasteiger partial charge >= 0.3 is 0 Å². The van der Waals surface area contributed by atoms with Gasteiger partial charge in [0.1, 0.15) is 17.2 Å². The van der Waals surface area contributed by atoms with Crippen LogP contribution >= 0.6 is 11.3 Å². The molecule has 0 atom stereocenters. The summed E-state index contributed by atoms with van der Waals surface area (Å²) in [7, 11) is 3.10. The van der Waals surface area contributed by atoms with Crippen molar-refractivity contribution in [3.8, 4) is 28.4 Å². The molecule has 28 heavy (non-hydrogen) atoms. The van der Waals surface area contributed by atoms with Crippen LogP contribution in [0.2, 0.25) is 0 Å². The molecule has 4 aromatic rings. The molecule has 3 aromatic carbocycles. The lowest BCUT2D eigenvalue weighted by Gasteiger charge is -2.14. The first kappa shape index (κ1) is 18.1. The fourth-order valence-corrected chi connectivity index (χ4v) is 4.22. The molecule has 140 valence electrons. The molecule has 0 amide bonds. The lowest BCUT2D eigenvalue weighted by molar-refractivity contribution is 0.103. The first-order valence-electron chi connectivity index (χ1n) is 8.68. The second kappa shape index (κ2) is 7.37. The van der Waals surface area contributed by atoms with Gasteiger partial charge in [0.2, 0.25) is 0 Å². The van der Waals surface area contributed by atoms with Crippen LogP contribution in [-0.2, 0) is 0 Å². The fraction of sp³-hybridized carbons (Fsp3) is 0.0870. The first-order chi connectivity index (χ1) is 13.6. The second-order valence-corrected chi connectivity index (χ2v) is 7.18. The third kappa shape index (κ3) is 3.10. The Morgan fingerprint density at radius 2 is 1.71 bits per heavy atom. The van der Waals surface area contributed by atoms with Gasteiger partial charge in [-0.05, 0) is 29.8 Å². The van der Waals surface area contributed by atoms with Gasteiger partial charge in [0.15, 0.2) is 5.78 Å². The van der Waals surface area contributed by atoms with Crippen LogP contribution in [0.1, 0.15) is 15.9 Å². The highest BCUT2D eigenvalue weighted by Crippen LogP contribution is 2.38. The van der Waals surface area contributed by atoms with E-state index in [1.54, 1.807) is 13.2 Å². The summed E-state index contributed by atoms with van der Waals surface area (Å²) in [4.78, 5) is 13.6. The largest absolute Gasteiger partial charge is 0.508 e. The predicted molar refractivity (Wildman–Crippen MR) is 112 cm³/mol. The van der Waals surface area contributed by atoms with Gasteiger partial charge in [-0.15, -0.1) is 11.3 Å². The van der Waals surface area contributed by atoms with Gasteiger partial charge < -0.3 is 14.6 Å². The van der Waals surface area contributed by atoms with Gasteiger partial charge in [-0.1, -0.05) is 30.3 Å². The summed E-state index contributed by atoms with van der Waals surface area (Å²) in [6.45, 7) is 0. The Bertz CT molecular complexity index is 1160. The van der Waals surface area contributed by atoms with E-state index in [4.69, 9.17) is 9.47 Å². The van der Waals surface area contributed by atoms with E-state index in [0.29, 0.717) is 28.2 Å². The van der Waals surface area contributed by atoms with Crippen LogP contribution < -0.4 is 9.47 Å². The molecular weight excluding hydrogens is 372 g/mol. The standard InChI is InChI=1S/C23H18O4S/c1-26-16-9-7-14(8-10-16)18-11-15(24)12-20(27-2)22(18)23(25)19-13-28-21-6-4-3-5-17(19)21/h3-13,24H,1-2H3. The summed E-state index contributed by atoms with van der Waals surface area (Å²) in [6.07, 6.45) is 0. The van der Waals surface area contributed by atoms with Crippen LogP contribution in [0, 0.1) is 0 Å². The van der Waals surface area contributed by atoms with Crippen molar-refractivity contribution in [3.05, 3.63) is 77.2 Å². The van der Waals surface area contributed by atoms with Crippen LogP contribution in [-0.4, -0.2) is 25.1 Å². The lowest BCUT2D eigenvalue weighted by atomic mass is 9.92. The maximum Gasteiger partial charge on any atom is 0.198 e. The molecule has 4 rings (SSSR count). The van der Waals surface area contributed by atoms with E-state index < -0.39 is 0 Å². The molecule has 1 aromatic heterocycles. The zero-order valence-electron chi connectivity index (χ0n) is 15.4. The topological polar surface area (TPSA) is 55.8 Å². The number of aromatic hydroxyl groups is 1. The minimum Gasteiger partial charge on any atom is -0.508 e. The van der Waals surface area contributed by atoms with Crippen LogP contribution in [0.4, 0.5) is 0 Å². The number of hydrogen-bond donors (Lipinski definition) is 1. The quantitative estimate of drug-likeness (QED) is 0.456. The average molecular weight is 390 g/mol. The van der Waals surface area contributed by atoms with E-state index >= 15 is 0 Å². The molecule has 0 aliphatic carbocycles. The molecule has 0 fully saturated rings. The summed E-state index contributed by atoms with van der Waals surface area (Å²) in [5.74, 6) is 0.952. The number of phenolic OH excluding ortho intramolecular Hbond substituents is 1. The van der Waals surface area contributed by atoms with Crippen molar-refractivity contribution in [1.82, 2.24) is 0 Å². The Labute approximate surface area is 166 Å². The number of benzene rings is 3. The van der Waals surface area contributed by atoms with Gasteiger partial charge in [0, 0.05) is 32.7 Å². The van der Waals surface area contributed by atoms with Gasteiger partial charge in [0.05, 0.1) is 19.8 Å². The third-order valence-electron chi connectivity index (χ3n) is 4.66. The molecule has 0 radical (unpaired) electrons. The zero-order chi connectivity index (χ0) is 19.7. The van der Waals surface area contributed by atoms with Crippen molar-refractivity contribution in [2.24, 2.45) is 0 Å². The van der Waals surface area contributed by atoms with Gasteiger partial charge in [-0.3, -0.25) is 4.79 Å². The Kier molecular flexibility index (Phi) is 4.75. The van der Waals surface area contributed by atoms with Gasteiger partial charge in [0.25, 0.3) is 0 Å². The van der Waals surface area contributed by atoms with E-state index in [2.05, 4.69) is 0 Å². The normalized spacial score (nSPS) is 10.8. The number of phenols is 1. The monoisotopic (exact) mass is 390 g/mol. The Morgan fingerprint density at radius 3 is 2.43 bits per heavy atom. The summed E-state index contributed by atoms with van der Waals surface area (Å²) >= 11 is 1.53. The molecular formula is C23H18O4S. The van der Waals surface area contributed by atoms with Crippen molar-refractivity contribution < 1.29 is 19.4 Å². The number of fused-ring (bicyclic) bond motifs is 1. The molecule has 0 unspecified atom stereocenters. The number of hydrogen-bond acceptors (Lipinski definition) is 5. The summed E-state index contributed by atoms with van der Waals surface area (Å²) in [5.41, 5.74) is 2.45. The SMILES string of the molecule is COc1ccc(-c2cc(O)cc(OC)c2C(=O)c2csc3ccccc23)cc1. The highest BCUT2D eigenvalue weighted by molar-refractivity contribution is 7.17. The summed E-state index contributed by atoms with van der Waals surface area (Å²) < 4.78 is 11.7. The van der Waals surface area contributed by atoms with Gasteiger partial charge in [-0.25, -0.2) is 0 Å². The maximum absolute atomic E-state index is 13.6. The van der Waals surface area contributed by atoms with Crippen LogP contribution in [0.15, 0.2) is 66.0 Å². The van der Waals surface area contributed by atoms with Crippen molar-refractivity contribution >= 4 is 27.2 Å². The van der Waals surface area contributed by atoms with Crippen molar-refractivity contribution in [2.45, 2.75) is 0 Å². The predicted octanol–water partition coefficient (Wildman–Crippen LogP) is 5.52. The highest BCUT2D eigenvalue weighted by atomic mass is 32.1. The van der Waals surface area contributed by atoms with E-state index in [1.807, 2.05) is 53.9 Å². The average Bonchev–Trinajstić information content (AvgIpc) is 3.17. The Morgan fingerprint density at radius 1 is 0.964 bits per heavy atom. The first-order valence-corrected chi connectivity index (χ1v) is 9.56. The van der Waals surface area contributed by atoms with Crippen LogP contribution in [0.3, 0.4) is 0 Å². The smallest absolute Gasteiger partial charge is 0.198 e. The molecule has 0 spiro atoms. The molecule has 0 aliphatic heterocycles. The van der Waals surface area contributed by atoms with Crippen molar-refractivity contribution in [1.29, 1.82) is 0 Å². The fourth-order valence-electron chi connectivity index (χ4n) is 3.28. The number of carbonyl (C=O) groups excluding carboxylic acids is 1. The van der Waals surface area contributed by atoms with Crippen LogP contribution in [0.25, 0.3) is 21.2 Å². The molecule has 0 bridgehead atoms. The molecule has 1 N–H and O–H groups in total. The second-order valence-electron chi connectivity index (χ2n) is 6.27. The molecule has 1 heterocycles.